The lowest BCUT2D eigenvalue weighted by atomic mass is 9.98. The number of carbonyl (C=O) groups excluding carboxylic acids is 1. The standard InChI is InChI=1S/C18H19BrN2O2/c19-17-6-5-16(23-17)18(22)21-10-8-15(12-21)20-9-7-13-3-1-2-4-14(13)11-20/h1-6,15H,7-12H2. The van der Waals surface area contributed by atoms with Crippen molar-refractivity contribution < 1.29 is 9.21 Å². The molecule has 0 aliphatic carbocycles. The molecule has 2 aliphatic rings. The molecule has 2 aliphatic heterocycles. The fourth-order valence-electron chi connectivity index (χ4n) is 3.64. The van der Waals surface area contributed by atoms with Crippen molar-refractivity contribution in [1.82, 2.24) is 9.80 Å². The largest absolute Gasteiger partial charge is 0.444 e. The van der Waals surface area contributed by atoms with Crippen LogP contribution in [0.1, 0.15) is 28.1 Å². The Hall–Kier alpha value is -1.59. The van der Waals surface area contributed by atoms with Crippen molar-refractivity contribution in [3.63, 3.8) is 0 Å². The first-order valence-corrected chi connectivity index (χ1v) is 8.85. The van der Waals surface area contributed by atoms with Gasteiger partial charge in [-0.1, -0.05) is 24.3 Å². The minimum absolute atomic E-state index is 0.00407. The van der Waals surface area contributed by atoms with E-state index in [1.54, 1.807) is 12.1 Å². The van der Waals surface area contributed by atoms with Gasteiger partial charge in [0, 0.05) is 32.2 Å². The van der Waals surface area contributed by atoms with Crippen molar-refractivity contribution in [2.75, 3.05) is 19.6 Å². The topological polar surface area (TPSA) is 36.7 Å². The third kappa shape index (κ3) is 2.95. The molecule has 4 nitrogen and oxygen atoms in total. The van der Waals surface area contributed by atoms with Crippen LogP contribution in [0.25, 0.3) is 0 Å². The molecule has 1 amide bonds. The molecule has 1 aromatic heterocycles. The number of rotatable bonds is 2. The quantitative estimate of drug-likeness (QED) is 0.808. The van der Waals surface area contributed by atoms with Gasteiger partial charge >= 0.3 is 0 Å². The average molecular weight is 375 g/mol. The van der Waals surface area contributed by atoms with Crippen molar-refractivity contribution in [2.24, 2.45) is 0 Å². The lowest BCUT2D eigenvalue weighted by molar-refractivity contribution is 0.0740. The van der Waals surface area contributed by atoms with Crippen LogP contribution in [0, 0.1) is 0 Å². The Kier molecular flexibility index (Phi) is 3.99. The number of nitrogens with zero attached hydrogens (tertiary/aromatic N) is 2. The molecule has 1 unspecified atom stereocenters. The highest BCUT2D eigenvalue weighted by molar-refractivity contribution is 9.10. The van der Waals surface area contributed by atoms with Crippen molar-refractivity contribution in [3.8, 4) is 0 Å². The number of amides is 1. The van der Waals surface area contributed by atoms with E-state index >= 15 is 0 Å². The van der Waals surface area contributed by atoms with Crippen LogP contribution in [0.2, 0.25) is 0 Å². The second-order valence-electron chi connectivity index (χ2n) is 6.29. The summed E-state index contributed by atoms with van der Waals surface area (Å²) in [5, 5.41) is 0. The summed E-state index contributed by atoms with van der Waals surface area (Å²) >= 11 is 3.25. The maximum atomic E-state index is 12.5. The van der Waals surface area contributed by atoms with Crippen molar-refractivity contribution in [2.45, 2.75) is 25.4 Å². The number of benzene rings is 1. The van der Waals surface area contributed by atoms with Gasteiger partial charge in [0.15, 0.2) is 10.4 Å². The molecule has 1 saturated heterocycles. The third-order valence-corrected chi connectivity index (χ3v) is 5.34. The van der Waals surface area contributed by atoms with Crippen LogP contribution in [0.5, 0.6) is 0 Å². The first-order chi connectivity index (χ1) is 11.2. The zero-order valence-corrected chi connectivity index (χ0v) is 14.5. The van der Waals surface area contributed by atoms with Gasteiger partial charge in [-0.2, -0.15) is 0 Å². The Morgan fingerprint density at radius 3 is 2.74 bits per heavy atom. The summed E-state index contributed by atoms with van der Waals surface area (Å²) in [6, 6.07) is 12.6. The van der Waals surface area contributed by atoms with Crippen molar-refractivity contribution in [3.05, 3.63) is 58.0 Å². The predicted octanol–water partition coefficient (Wildman–Crippen LogP) is 3.31. The van der Waals surface area contributed by atoms with Crippen LogP contribution in [-0.4, -0.2) is 41.4 Å². The van der Waals surface area contributed by atoms with Gasteiger partial charge in [0.2, 0.25) is 0 Å². The number of furan rings is 1. The molecule has 0 radical (unpaired) electrons. The summed E-state index contributed by atoms with van der Waals surface area (Å²) in [5.41, 5.74) is 2.90. The maximum absolute atomic E-state index is 12.5. The molecular formula is C18H19BrN2O2. The predicted molar refractivity (Wildman–Crippen MR) is 91.3 cm³/mol. The van der Waals surface area contributed by atoms with Gasteiger partial charge in [0.1, 0.15) is 0 Å². The summed E-state index contributed by atoms with van der Waals surface area (Å²) in [6.07, 6.45) is 2.14. The summed E-state index contributed by atoms with van der Waals surface area (Å²) in [7, 11) is 0. The van der Waals surface area contributed by atoms with Crippen LogP contribution in [-0.2, 0) is 13.0 Å². The molecule has 1 atom stereocenters. The van der Waals surface area contributed by atoms with E-state index in [1.807, 2.05) is 4.90 Å². The number of likely N-dealkylation sites (tertiary alicyclic amines) is 1. The van der Waals surface area contributed by atoms with Crippen LogP contribution in [0.15, 0.2) is 45.5 Å². The van der Waals surface area contributed by atoms with E-state index in [-0.39, 0.29) is 5.91 Å². The zero-order chi connectivity index (χ0) is 15.8. The van der Waals surface area contributed by atoms with Crippen LogP contribution < -0.4 is 0 Å². The van der Waals surface area contributed by atoms with Gasteiger partial charge in [0.05, 0.1) is 0 Å². The molecule has 1 fully saturated rings. The van der Waals surface area contributed by atoms with E-state index in [1.165, 1.54) is 11.1 Å². The molecular weight excluding hydrogens is 356 g/mol. The normalized spacial score (nSPS) is 21.4. The molecule has 0 saturated carbocycles. The van der Waals surface area contributed by atoms with E-state index in [9.17, 15) is 4.79 Å². The Bertz CT molecular complexity index is 727. The van der Waals surface area contributed by atoms with E-state index in [4.69, 9.17) is 4.42 Å². The lowest BCUT2D eigenvalue weighted by Crippen LogP contribution is -2.41. The highest BCUT2D eigenvalue weighted by Gasteiger charge is 2.33. The average Bonchev–Trinajstić information content (AvgIpc) is 3.23. The second kappa shape index (κ2) is 6.13. The minimum Gasteiger partial charge on any atom is -0.444 e. The molecule has 23 heavy (non-hydrogen) atoms. The molecule has 0 spiro atoms. The van der Waals surface area contributed by atoms with Gasteiger partial charge in [0.25, 0.3) is 5.91 Å². The van der Waals surface area contributed by atoms with Gasteiger partial charge in [-0.05, 0) is 52.0 Å². The minimum atomic E-state index is -0.00407. The van der Waals surface area contributed by atoms with Crippen LogP contribution in [0.4, 0.5) is 0 Å². The number of halogens is 1. The Morgan fingerprint density at radius 1 is 1.13 bits per heavy atom. The summed E-state index contributed by atoms with van der Waals surface area (Å²) < 4.78 is 6.00. The van der Waals surface area contributed by atoms with E-state index in [0.717, 1.165) is 39.0 Å². The lowest BCUT2D eigenvalue weighted by Gasteiger charge is -2.33. The van der Waals surface area contributed by atoms with Crippen LogP contribution in [0.3, 0.4) is 0 Å². The fraction of sp³-hybridized carbons (Fsp3) is 0.389. The van der Waals surface area contributed by atoms with Gasteiger partial charge in [-0.3, -0.25) is 9.69 Å². The van der Waals surface area contributed by atoms with E-state index in [2.05, 4.69) is 45.1 Å². The van der Waals surface area contributed by atoms with Crippen molar-refractivity contribution >= 4 is 21.8 Å². The zero-order valence-electron chi connectivity index (χ0n) is 12.9. The molecule has 120 valence electrons. The fourth-order valence-corrected chi connectivity index (χ4v) is 3.95. The molecule has 2 aromatic rings. The first-order valence-electron chi connectivity index (χ1n) is 8.06. The number of hydrogen-bond donors (Lipinski definition) is 0. The van der Waals surface area contributed by atoms with Crippen molar-refractivity contribution in [1.29, 1.82) is 0 Å². The SMILES string of the molecule is O=C(c1ccc(Br)o1)N1CCC(N2CCc3ccccc3C2)C1. The molecule has 5 heteroatoms. The Balaban J connectivity index is 1.42. The molecule has 0 bridgehead atoms. The Morgan fingerprint density at radius 2 is 1.96 bits per heavy atom. The summed E-state index contributed by atoms with van der Waals surface area (Å²) in [6.45, 7) is 3.67. The maximum Gasteiger partial charge on any atom is 0.289 e. The molecule has 3 heterocycles. The smallest absolute Gasteiger partial charge is 0.289 e. The van der Waals surface area contributed by atoms with Crippen LogP contribution >= 0.6 is 15.9 Å². The monoisotopic (exact) mass is 374 g/mol. The molecule has 1 aromatic carbocycles. The number of carbonyl (C=O) groups is 1. The summed E-state index contributed by atoms with van der Waals surface area (Å²) in [4.78, 5) is 16.9. The van der Waals surface area contributed by atoms with Gasteiger partial charge < -0.3 is 9.32 Å². The highest BCUT2D eigenvalue weighted by atomic mass is 79.9. The highest BCUT2D eigenvalue weighted by Crippen LogP contribution is 2.25. The molecule has 0 N–H and O–H groups in total. The Labute approximate surface area is 144 Å². The third-order valence-electron chi connectivity index (χ3n) is 4.91. The second-order valence-corrected chi connectivity index (χ2v) is 7.07. The number of hydrogen-bond acceptors (Lipinski definition) is 3. The van der Waals surface area contributed by atoms with Gasteiger partial charge in [-0.25, -0.2) is 0 Å². The first kappa shape index (κ1) is 15.0. The van der Waals surface area contributed by atoms with E-state index in [0.29, 0.717) is 16.5 Å². The molecule has 4 rings (SSSR count). The summed E-state index contributed by atoms with van der Waals surface area (Å²) in [5.74, 6) is 0.414. The van der Waals surface area contributed by atoms with E-state index < -0.39 is 0 Å². The number of fused-ring (bicyclic) bond motifs is 1. The van der Waals surface area contributed by atoms with Gasteiger partial charge in [-0.15, -0.1) is 0 Å².